The van der Waals surface area contributed by atoms with Gasteiger partial charge in [0.1, 0.15) is 42.6 Å². The average molecular weight is 1310 g/mol. The minimum absolute atomic E-state index is 0.00600. The topological polar surface area (TPSA) is 220 Å². The number of quaternary nitrogens is 1. The summed E-state index contributed by atoms with van der Waals surface area (Å²) in [6.45, 7) is 15.0. The maximum absolute atomic E-state index is 14.6. The Kier molecular flexibility index (Phi) is 25.8. The molecule has 25 heteroatoms. The second kappa shape index (κ2) is 32.9. The Morgan fingerprint density at radius 2 is 1.38 bits per heavy atom. The van der Waals surface area contributed by atoms with Crippen molar-refractivity contribution in [2.24, 2.45) is 5.41 Å². The smallest absolute Gasteiger partial charge is 0.417 e. The highest BCUT2D eigenvalue weighted by Crippen LogP contribution is 2.40. The first-order chi connectivity index (χ1) is 43.7. The number of esters is 1. The molecule has 0 aliphatic carbocycles. The lowest BCUT2D eigenvalue weighted by molar-refractivity contribution is -0.870. The zero-order valence-corrected chi connectivity index (χ0v) is 55.4. The van der Waals surface area contributed by atoms with E-state index in [1.54, 1.807) is 53.8 Å². The number of aryl methyl sites for hydroxylation is 1. The van der Waals surface area contributed by atoms with Crippen molar-refractivity contribution in [2.45, 2.75) is 104 Å². The van der Waals surface area contributed by atoms with Crippen LogP contribution in [0.2, 0.25) is 0 Å². The van der Waals surface area contributed by atoms with Gasteiger partial charge in [-0.1, -0.05) is 69.3 Å². The number of nitrogens with zero attached hydrogens (tertiary/aromatic N) is 6. The number of halogens is 3. The van der Waals surface area contributed by atoms with Crippen LogP contribution in [0.5, 0.6) is 5.75 Å². The second-order valence-corrected chi connectivity index (χ2v) is 26.2. The number of carbonyl (C=O) groups is 5. The minimum Gasteiger partial charge on any atom is -0.494 e. The Balaban J connectivity index is 0.850. The van der Waals surface area contributed by atoms with E-state index in [4.69, 9.17) is 45.4 Å². The molecule has 2 saturated heterocycles. The maximum atomic E-state index is 14.6. The first-order valence-corrected chi connectivity index (χ1v) is 31.8. The van der Waals surface area contributed by atoms with E-state index < -0.39 is 76.0 Å². The second-order valence-electron chi connectivity index (χ2n) is 25.0. The highest BCUT2D eigenvalue weighted by Gasteiger charge is 2.51. The first kappa shape index (κ1) is 72.0. The van der Waals surface area contributed by atoms with Gasteiger partial charge in [0, 0.05) is 25.3 Å². The summed E-state index contributed by atoms with van der Waals surface area (Å²) in [5.41, 5.74) is 2.97. The maximum Gasteiger partial charge on any atom is 0.417 e. The Hall–Kier alpha value is -7.41. The van der Waals surface area contributed by atoms with Crippen LogP contribution in [0.1, 0.15) is 82.7 Å². The van der Waals surface area contributed by atoms with Crippen molar-refractivity contribution in [1.29, 1.82) is 5.26 Å². The molecule has 7 rings (SSSR count). The molecule has 4 amide bonds. The summed E-state index contributed by atoms with van der Waals surface area (Å²) in [4.78, 5) is 78.5. The molecule has 2 aliphatic rings. The van der Waals surface area contributed by atoms with Crippen molar-refractivity contribution in [1.82, 2.24) is 20.5 Å². The third kappa shape index (κ3) is 20.3. The normalized spacial score (nSPS) is 16.2. The van der Waals surface area contributed by atoms with E-state index in [0.29, 0.717) is 70.5 Å². The number of anilines is 2. The quantitative estimate of drug-likeness (QED) is 0.0173. The Morgan fingerprint density at radius 1 is 0.793 bits per heavy atom. The number of nitriles is 1. The fourth-order valence-electron chi connectivity index (χ4n) is 10.2. The molecule has 496 valence electrons. The van der Waals surface area contributed by atoms with Gasteiger partial charge in [-0.3, -0.25) is 28.9 Å². The number of hydrogen-bond donors (Lipinski definition) is 2. The molecular weight excluding hydrogens is 1230 g/mol. The molecule has 4 aromatic carbocycles. The number of ether oxygens (including phenoxy) is 7. The summed E-state index contributed by atoms with van der Waals surface area (Å²) >= 11 is 7.24. The van der Waals surface area contributed by atoms with Crippen LogP contribution in [0.15, 0.2) is 96.5 Å². The van der Waals surface area contributed by atoms with Crippen molar-refractivity contribution < 1.29 is 74.8 Å². The average Bonchev–Trinajstić information content (AvgIpc) is 1.66. The molecule has 92 heavy (non-hydrogen) atoms. The summed E-state index contributed by atoms with van der Waals surface area (Å²) in [6, 6.07) is 25.0. The van der Waals surface area contributed by atoms with Crippen LogP contribution in [0.3, 0.4) is 0 Å². The van der Waals surface area contributed by atoms with E-state index in [1.807, 2.05) is 88.4 Å². The van der Waals surface area contributed by atoms with Crippen molar-refractivity contribution in [3.05, 3.63) is 119 Å². The number of benzene rings is 4. The number of carbonyl (C=O) groups excluding carboxylic acids is 5. The number of hydrogen-bond acceptors (Lipinski definition) is 16. The number of amides is 4. The summed E-state index contributed by atoms with van der Waals surface area (Å²) < 4.78 is 82.3. The first-order valence-electron chi connectivity index (χ1n) is 30.5. The van der Waals surface area contributed by atoms with E-state index in [2.05, 4.69) is 36.8 Å². The summed E-state index contributed by atoms with van der Waals surface area (Å²) in [5, 5.41) is 15.1. The fourth-order valence-corrected chi connectivity index (χ4v) is 11.6. The SMILES string of the molecule is Cc1ncsc1-c1ccc(CNC(=O)[C@@H]2C[C@@H](OC(=O)CCOCCOCCOCCOCC[N+](C)(C)C)CN2C(=O)[C@@H](NC(=O)COCCCCOc2ccc(-c3ccc(N4C(=S)N(c5ccc(C#N)c(C(F)(F)F)c5)C(=O)C4(C)C)cc3)cc2)C(C)(C)C)cc1. The third-order valence-corrected chi connectivity index (χ3v) is 16.7. The van der Waals surface area contributed by atoms with Crippen LogP contribution < -0.4 is 25.2 Å². The molecule has 2 aliphatic heterocycles. The highest BCUT2D eigenvalue weighted by molar-refractivity contribution is 7.81. The van der Waals surface area contributed by atoms with Crippen molar-refractivity contribution >= 4 is 69.6 Å². The molecule has 0 saturated carbocycles. The Labute approximate surface area is 545 Å². The predicted molar refractivity (Wildman–Crippen MR) is 347 cm³/mol. The molecule has 0 bridgehead atoms. The van der Waals surface area contributed by atoms with E-state index >= 15 is 0 Å². The largest absolute Gasteiger partial charge is 0.494 e. The summed E-state index contributed by atoms with van der Waals surface area (Å²) in [6.07, 6.45) is -4.47. The number of thiocarbonyl (C=S) groups is 1. The molecule has 3 atom stereocenters. The van der Waals surface area contributed by atoms with Crippen LogP contribution in [-0.4, -0.2) is 180 Å². The monoisotopic (exact) mass is 1310 g/mol. The predicted octanol–water partition coefficient (Wildman–Crippen LogP) is 9.29. The lowest BCUT2D eigenvalue weighted by atomic mass is 9.85. The van der Waals surface area contributed by atoms with Gasteiger partial charge in [-0.15, -0.1) is 11.3 Å². The molecule has 5 aromatic rings. The molecule has 2 N–H and O–H groups in total. The van der Waals surface area contributed by atoms with Crippen LogP contribution >= 0.6 is 23.6 Å². The standard InChI is InChI=1S/C67H83F3N8O12S2/c1-45-59(92-44-73-45)49-14-12-46(13-15-49)41-72-61(81)56-39-54(90-58(80)26-30-84-32-34-86-36-37-87-35-33-85-31-27-78(7,8)9)42-75(56)62(82)60(65(2,3)4)74-57(79)43-88-28-10-11-29-89-53-24-19-48(20-25-53)47-16-21-51(22-17-47)77-64(91)76(63(83)66(77,5)6)52-23-18-50(40-71)55(38-52)67(68,69)70/h12-25,38,44,54,56,60H,10-11,26-37,39,41-43H2,1-9H3,(H-,72,74,79,81)/p+1/t54-,56+,60-/m1/s1. The molecule has 0 unspecified atom stereocenters. The number of nitrogens with one attached hydrogen (secondary N) is 2. The number of alkyl halides is 3. The van der Waals surface area contributed by atoms with Gasteiger partial charge >= 0.3 is 12.1 Å². The van der Waals surface area contributed by atoms with E-state index in [9.17, 15) is 42.4 Å². The summed E-state index contributed by atoms with van der Waals surface area (Å²) in [7, 11) is 6.32. The van der Waals surface area contributed by atoms with E-state index in [1.165, 1.54) is 11.0 Å². The van der Waals surface area contributed by atoms with Crippen molar-refractivity contribution in [2.75, 3.05) is 117 Å². The lowest BCUT2D eigenvalue weighted by Gasteiger charge is -2.35. The van der Waals surface area contributed by atoms with Gasteiger partial charge in [0.25, 0.3) is 5.91 Å². The van der Waals surface area contributed by atoms with Gasteiger partial charge in [0.15, 0.2) is 5.11 Å². The molecule has 1 aromatic heterocycles. The molecule has 0 radical (unpaired) electrons. The van der Waals surface area contributed by atoms with Crippen molar-refractivity contribution in [3.8, 4) is 33.4 Å². The molecule has 3 heterocycles. The number of aromatic nitrogens is 1. The van der Waals surface area contributed by atoms with Crippen molar-refractivity contribution in [3.63, 3.8) is 0 Å². The Morgan fingerprint density at radius 3 is 1.97 bits per heavy atom. The van der Waals surface area contributed by atoms with Crippen LogP contribution in [0.4, 0.5) is 24.5 Å². The van der Waals surface area contributed by atoms with Gasteiger partial charge in [-0.25, -0.2) is 4.98 Å². The Bertz CT molecular complexity index is 3350. The number of likely N-dealkylation sites (tertiary alicyclic amines) is 1. The zero-order valence-electron chi connectivity index (χ0n) is 53.7. The molecule has 2 fully saturated rings. The van der Waals surface area contributed by atoms with E-state index in [0.717, 1.165) is 60.9 Å². The number of thiazole rings is 1. The van der Waals surface area contributed by atoms with Gasteiger partial charge in [0.05, 0.1) is 133 Å². The van der Waals surface area contributed by atoms with Crippen LogP contribution in [0, 0.1) is 23.7 Å². The van der Waals surface area contributed by atoms with Gasteiger partial charge in [-0.2, -0.15) is 18.4 Å². The van der Waals surface area contributed by atoms with Crippen LogP contribution in [-0.2, 0) is 65.1 Å². The number of unbranched alkanes of at least 4 members (excludes halogenated alkanes) is 1. The van der Waals surface area contributed by atoms with E-state index in [-0.39, 0.29) is 63.2 Å². The fraction of sp³-hybridized carbons (Fsp3) is 0.493. The molecule has 20 nitrogen and oxygen atoms in total. The molecule has 0 spiro atoms. The van der Waals surface area contributed by atoms with Gasteiger partial charge in [-0.05, 0) is 116 Å². The summed E-state index contributed by atoms with van der Waals surface area (Å²) in [5.74, 6) is -1.91. The molecular formula is C67H84F3N8O12S2+. The zero-order chi connectivity index (χ0) is 66.8. The highest BCUT2D eigenvalue weighted by atomic mass is 32.1. The van der Waals surface area contributed by atoms with Crippen LogP contribution in [0.25, 0.3) is 21.6 Å². The van der Waals surface area contributed by atoms with Gasteiger partial charge in [0.2, 0.25) is 17.7 Å². The van der Waals surface area contributed by atoms with Gasteiger partial charge < -0.3 is 58.1 Å². The minimum atomic E-state index is -4.82. The number of rotatable bonds is 33. The number of likely N-dealkylation sites (N-methyl/N-ethyl adjacent to an activating group) is 1. The third-order valence-electron chi connectivity index (χ3n) is 15.3. The lowest BCUT2D eigenvalue weighted by Crippen LogP contribution is -2.58.